The van der Waals surface area contributed by atoms with E-state index in [1.54, 1.807) is 12.3 Å². The van der Waals surface area contributed by atoms with Crippen LogP contribution in [-0.4, -0.2) is 52.4 Å². The van der Waals surface area contributed by atoms with Gasteiger partial charge in [-0.3, -0.25) is 9.89 Å². The number of aromatic hydroxyl groups is 1. The molecule has 0 atom stereocenters. The normalized spacial score (nSPS) is 14.3. The maximum Gasteiger partial charge on any atom is 0.254 e. The number of carbonyl (C=O) groups is 1. The van der Waals surface area contributed by atoms with Crippen LogP contribution < -0.4 is 0 Å². The molecule has 2 aromatic carbocycles. The fraction of sp³-hybridized carbons (Fsp3) is 0.238. The summed E-state index contributed by atoms with van der Waals surface area (Å²) in [6.45, 7) is 4.26. The molecule has 1 aliphatic heterocycles. The molecule has 0 unspecified atom stereocenters. The third-order valence-electron chi connectivity index (χ3n) is 4.81. The second kappa shape index (κ2) is 7.25. The molecule has 1 amide bonds. The minimum Gasteiger partial charge on any atom is -0.507 e. The first kappa shape index (κ1) is 17.3. The Morgan fingerprint density at radius 2 is 1.89 bits per heavy atom. The Kier molecular flexibility index (Phi) is 4.64. The lowest BCUT2D eigenvalue weighted by molar-refractivity contribution is 0.0303. The van der Waals surface area contributed by atoms with Crippen LogP contribution in [0.25, 0.3) is 22.4 Å². The molecule has 138 valence electrons. The van der Waals surface area contributed by atoms with E-state index < -0.39 is 0 Å². The minimum absolute atomic E-state index is 0.0190. The van der Waals surface area contributed by atoms with Crippen molar-refractivity contribution in [3.8, 4) is 28.1 Å². The highest BCUT2D eigenvalue weighted by Crippen LogP contribution is 2.37. The number of phenols is 1. The molecule has 1 fully saturated rings. The van der Waals surface area contributed by atoms with E-state index in [0.717, 1.165) is 16.7 Å². The molecule has 0 bridgehead atoms. The van der Waals surface area contributed by atoms with Gasteiger partial charge in [0.15, 0.2) is 0 Å². The van der Waals surface area contributed by atoms with Crippen molar-refractivity contribution < 1.29 is 14.6 Å². The van der Waals surface area contributed by atoms with Crippen LogP contribution in [0.2, 0.25) is 0 Å². The average Bonchev–Trinajstić information content (AvgIpc) is 3.19. The summed E-state index contributed by atoms with van der Waals surface area (Å²) >= 11 is 0. The van der Waals surface area contributed by atoms with E-state index in [1.165, 1.54) is 0 Å². The predicted octanol–water partition coefficient (Wildman–Crippen LogP) is 3.23. The summed E-state index contributed by atoms with van der Waals surface area (Å²) < 4.78 is 5.35. The molecule has 0 radical (unpaired) electrons. The first-order valence-corrected chi connectivity index (χ1v) is 8.95. The van der Waals surface area contributed by atoms with Gasteiger partial charge in [-0.15, -0.1) is 0 Å². The van der Waals surface area contributed by atoms with Crippen molar-refractivity contribution in [1.29, 1.82) is 0 Å². The molecule has 2 N–H and O–H groups in total. The maximum atomic E-state index is 13.1. The summed E-state index contributed by atoms with van der Waals surface area (Å²) in [5.41, 5.74) is 4.58. The lowest BCUT2D eigenvalue weighted by atomic mass is 9.95. The van der Waals surface area contributed by atoms with Crippen LogP contribution >= 0.6 is 0 Å². The molecule has 6 nitrogen and oxygen atoms in total. The highest BCUT2D eigenvalue weighted by molar-refractivity contribution is 6.02. The quantitative estimate of drug-likeness (QED) is 0.749. The number of hydrogen-bond donors (Lipinski definition) is 2. The van der Waals surface area contributed by atoms with Crippen LogP contribution in [0.4, 0.5) is 0 Å². The summed E-state index contributed by atoms with van der Waals surface area (Å²) in [6.07, 6.45) is 1.70. The van der Waals surface area contributed by atoms with Crippen molar-refractivity contribution >= 4 is 5.91 Å². The number of aromatic nitrogens is 2. The number of rotatable bonds is 3. The van der Waals surface area contributed by atoms with Gasteiger partial charge in [0.05, 0.1) is 25.1 Å². The van der Waals surface area contributed by atoms with Gasteiger partial charge in [-0.25, -0.2) is 0 Å². The van der Waals surface area contributed by atoms with Gasteiger partial charge in [0, 0.05) is 29.8 Å². The van der Waals surface area contributed by atoms with Crippen LogP contribution in [0.3, 0.4) is 0 Å². The van der Waals surface area contributed by atoms with Gasteiger partial charge in [-0.1, -0.05) is 29.8 Å². The molecule has 0 aliphatic carbocycles. The molecular formula is C21H21N3O3. The highest BCUT2D eigenvalue weighted by Gasteiger charge is 2.23. The number of amides is 1. The van der Waals surface area contributed by atoms with Crippen molar-refractivity contribution in [2.45, 2.75) is 6.92 Å². The van der Waals surface area contributed by atoms with Gasteiger partial charge in [-0.05, 0) is 30.7 Å². The number of hydrogen-bond acceptors (Lipinski definition) is 4. The van der Waals surface area contributed by atoms with Crippen LogP contribution in [0.5, 0.6) is 5.75 Å². The molecule has 4 rings (SSSR count). The van der Waals surface area contributed by atoms with Crippen LogP contribution in [0.15, 0.2) is 48.7 Å². The number of nitrogens with one attached hydrogen (secondary N) is 1. The Morgan fingerprint density at radius 3 is 2.70 bits per heavy atom. The van der Waals surface area contributed by atoms with Crippen molar-refractivity contribution in [2.75, 3.05) is 26.3 Å². The van der Waals surface area contributed by atoms with Crippen molar-refractivity contribution in [2.24, 2.45) is 0 Å². The third-order valence-corrected chi connectivity index (χ3v) is 4.81. The number of morpholine rings is 1. The number of aryl methyl sites for hydroxylation is 1. The Balaban J connectivity index is 1.79. The van der Waals surface area contributed by atoms with Gasteiger partial charge >= 0.3 is 0 Å². The summed E-state index contributed by atoms with van der Waals surface area (Å²) in [7, 11) is 0. The first-order chi connectivity index (χ1) is 13.1. The zero-order valence-electron chi connectivity index (χ0n) is 15.1. The Morgan fingerprint density at radius 1 is 1.11 bits per heavy atom. The highest BCUT2D eigenvalue weighted by atomic mass is 16.5. The molecule has 27 heavy (non-hydrogen) atoms. The smallest absolute Gasteiger partial charge is 0.254 e. The third kappa shape index (κ3) is 3.31. The van der Waals surface area contributed by atoms with Gasteiger partial charge in [0.1, 0.15) is 5.75 Å². The molecular weight excluding hydrogens is 342 g/mol. The van der Waals surface area contributed by atoms with E-state index in [9.17, 15) is 9.90 Å². The molecule has 3 aromatic rings. The molecule has 1 aliphatic rings. The number of H-pyrrole nitrogens is 1. The van der Waals surface area contributed by atoms with E-state index in [2.05, 4.69) is 10.2 Å². The largest absolute Gasteiger partial charge is 0.507 e. The van der Waals surface area contributed by atoms with Gasteiger partial charge in [0.25, 0.3) is 5.91 Å². The Hall–Kier alpha value is -3.12. The van der Waals surface area contributed by atoms with Crippen LogP contribution in [0, 0.1) is 6.92 Å². The van der Waals surface area contributed by atoms with Crippen molar-refractivity contribution in [3.05, 3.63) is 59.8 Å². The average molecular weight is 363 g/mol. The van der Waals surface area contributed by atoms with E-state index in [-0.39, 0.29) is 11.7 Å². The second-order valence-corrected chi connectivity index (χ2v) is 6.63. The SMILES string of the molecule is Cc1ccc(O)c(-c2[nH]ncc2-c2ccccc2C(=O)N2CCOCC2)c1. The molecule has 6 heteroatoms. The van der Waals surface area contributed by atoms with E-state index in [0.29, 0.717) is 43.1 Å². The topological polar surface area (TPSA) is 78.4 Å². The predicted molar refractivity (Wildman–Crippen MR) is 103 cm³/mol. The first-order valence-electron chi connectivity index (χ1n) is 8.95. The zero-order valence-corrected chi connectivity index (χ0v) is 15.1. The monoisotopic (exact) mass is 363 g/mol. The Labute approximate surface area is 157 Å². The van der Waals surface area contributed by atoms with Crippen LogP contribution in [0.1, 0.15) is 15.9 Å². The second-order valence-electron chi connectivity index (χ2n) is 6.63. The van der Waals surface area contributed by atoms with Crippen molar-refractivity contribution in [1.82, 2.24) is 15.1 Å². The fourth-order valence-corrected chi connectivity index (χ4v) is 3.39. The van der Waals surface area contributed by atoms with Crippen molar-refractivity contribution in [3.63, 3.8) is 0 Å². The number of carbonyl (C=O) groups excluding carboxylic acids is 1. The minimum atomic E-state index is -0.0190. The summed E-state index contributed by atoms with van der Waals surface area (Å²) in [5, 5.41) is 17.5. The fourth-order valence-electron chi connectivity index (χ4n) is 3.39. The van der Waals surface area contributed by atoms with Crippen LogP contribution in [-0.2, 0) is 4.74 Å². The summed E-state index contributed by atoms with van der Waals surface area (Å²) in [5.74, 6) is 0.151. The van der Waals surface area contributed by atoms with E-state index in [4.69, 9.17) is 4.74 Å². The molecule has 0 spiro atoms. The van der Waals surface area contributed by atoms with Gasteiger partial charge in [-0.2, -0.15) is 5.10 Å². The molecule has 1 saturated heterocycles. The summed E-state index contributed by atoms with van der Waals surface area (Å²) in [6, 6.07) is 12.9. The zero-order chi connectivity index (χ0) is 18.8. The van der Waals surface area contributed by atoms with Gasteiger partial charge < -0.3 is 14.7 Å². The number of ether oxygens (including phenoxy) is 1. The summed E-state index contributed by atoms with van der Waals surface area (Å²) in [4.78, 5) is 14.9. The van der Waals surface area contributed by atoms with E-state index in [1.807, 2.05) is 48.2 Å². The standard InChI is InChI=1S/C21H21N3O3/c1-14-6-7-19(25)17(12-14)20-18(13-22-23-20)15-4-2-3-5-16(15)21(26)24-8-10-27-11-9-24/h2-7,12-13,25H,8-11H2,1H3,(H,22,23). The number of benzene rings is 2. The molecule has 0 saturated carbocycles. The number of phenolic OH excluding ortho intramolecular Hbond substituents is 1. The molecule has 2 heterocycles. The van der Waals surface area contributed by atoms with Gasteiger partial charge in [0.2, 0.25) is 0 Å². The molecule has 1 aromatic heterocycles. The van der Waals surface area contributed by atoms with E-state index >= 15 is 0 Å². The Bertz CT molecular complexity index is 974. The maximum absolute atomic E-state index is 13.1. The number of nitrogens with zero attached hydrogens (tertiary/aromatic N) is 2. The lowest BCUT2D eigenvalue weighted by Crippen LogP contribution is -2.40. The number of aromatic amines is 1. The lowest BCUT2D eigenvalue weighted by Gasteiger charge is -2.27.